The van der Waals surface area contributed by atoms with Crippen molar-refractivity contribution < 1.29 is 4.79 Å². The molecule has 1 aliphatic carbocycles. The average molecular weight is 350 g/mol. The highest BCUT2D eigenvalue weighted by Crippen LogP contribution is 2.29. The largest absolute Gasteiger partial charge is 0.323 e. The van der Waals surface area contributed by atoms with Gasteiger partial charge in [-0.25, -0.2) is 9.78 Å². The highest BCUT2D eigenvalue weighted by molar-refractivity contribution is 7.15. The normalized spacial score (nSPS) is 14.0. The number of carbonyl (C=O) groups excluding carboxylic acids is 1. The number of urea groups is 1. The summed E-state index contributed by atoms with van der Waals surface area (Å²) in [5.41, 5.74) is 2.10. The van der Waals surface area contributed by atoms with Gasteiger partial charge in [0.1, 0.15) is 0 Å². The third kappa shape index (κ3) is 4.03. The minimum absolute atomic E-state index is 0.158. The first-order valence-corrected chi connectivity index (χ1v) is 9.07. The van der Waals surface area contributed by atoms with E-state index >= 15 is 0 Å². The van der Waals surface area contributed by atoms with Crippen LogP contribution >= 0.6 is 22.9 Å². The number of rotatable bonds is 3. The standard InChI is InChI=1S/C17H20ClN3OS/c1-21(11-12-7-5-6-8-13(12)18)17(22)20-16-19-14-9-3-2-4-10-15(14)23-16/h5-8H,2-4,9-11H2,1H3,(H,19,20,22). The lowest BCUT2D eigenvalue weighted by atomic mass is 10.2. The molecule has 2 amide bonds. The molecule has 6 heteroatoms. The Morgan fingerprint density at radius 3 is 2.91 bits per heavy atom. The van der Waals surface area contributed by atoms with E-state index in [1.807, 2.05) is 24.3 Å². The van der Waals surface area contributed by atoms with Crippen molar-refractivity contribution in [3.05, 3.63) is 45.4 Å². The van der Waals surface area contributed by atoms with Gasteiger partial charge in [-0.05, 0) is 37.3 Å². The number of aryl methyl sites for hydroxylation is 2. The van der Waals surface area contributed by atoms with Crippen LogP contribution < -0.4 is 5.32 Å². The maximum Gasteiger partial charge on any atom is 0.323 e. The Labute approximate surface area is 145 Å². The van der Waals surface area contributed by atoms with Gasteiger partial charge in [-0.1, -0.05) is 36.2 Å². The fourth-order valence-corrected chi connectivity index (χ4v) is 3.96. The molecule has 23 heavy (non-hydrogen) atoms. The van der Waals surface area contributed by atoms with Crippen LogP contribution in [0.1, 0.15) is 35.4 Å². The van der Waals surface area contributed by atoms with Gasteiger partial charge in [0.25, 0.3) is 0 Å². The number of hydrogen-bond acceptors (Lipinski definition) is 3. The summed E-state index contributed by atoms with van der Waals surface area (Å²) in [5.74, 6) is 0. The fraction of sp³-hybridized carbons (Fsp3) is 0.412. The molecule has 122 valence electrons. The number of carbonyl (C=O) groups is 1. The number of hydrogen-bond donors (Lipinski definition) is 1. The quantitative estimate of drug-likeness (QED) is 0.814. The van der Waals surface area contributed by atoms with Crippen molar-refractivity contribution in [2.24, 2.45) is 0 Å². The molecule has 0 saturated carbocycles. The Morgan fingerprint density at radius 1 is 1.30 bits per heavy atom. The predicted molar refractivity (Wildman–Crippen MR) is 95.3 cm³/mol. The van der Waals surface area contributed by atoms with E-state index in [1.54, 1.807) is 23.3 Å². The molecule has 0 unspecified atom stereocenters. The van der Waals surface area contributed by atoms with Crippen LogP contribution in [0.15, 0.2) is 24.3 Å². The van der Waals surface area contributed by atoms with Crippen LogP contribution in [0.4, 0.5) is 9.93 Å². The Kier molecular flexibility index (Phi) is 5.18. The van der Waals surface area contributed by atoms with Gasteiger partial charge in [0.2, 0.25) is 0 Å². The molecule has 0 bridgehead atoms. The molecule has 1 aromatic carbocycles. The molecule has 1 aromatic heterocycles. The van der Waals surface area contributed by atoms with E-state index in [2.05, 4.69) is 10.3 Å². The maximum absolute atomic E-state index is 12.3. The highest BCUT2D eigenvalue weighted by atomic mass is 35.5. The topological polar surface area (TPSA) is 45.2 Å². The third-order valence-corrected chi connectivity index (χ3v) is 5.46. The van der Waals surface area contributed by atoms with Crippen molar-refractivity contribution in [1.82, 2.24) is 9.88 Å². The number of anilines is 1. The van der Waals surface area contributed by atoms with E-state index in [-0.39, 0.29) is 6.03 Å². The lowest BCUT2D eigenvalue weighted by Crippen LogP contribution is -2.30. The predicted octanol–water partition coefficient (Wildman–Crippen LogP) is 4.73. The van der Waals surface area contributed by atoms with Gasteiger partial charge in [-0.2, -0.15) is 0 Å². The van der Waals surface area contributed by atoms with Crippen molar-refractivity contribution in [3.8, 4) is 0 Å². The van der Waals surface area contributed by atoms with Crippen molar-refractivity contribution in [2.45, 2.75) is 38.6 Å². The summed E-state index contributed by atoms with van der Waals surface area (Å²) in [6.07, 6.45) is 5.78. The fourth-order valence-electron chi connectivity index (χ4n) is 2.72. The lowest BCUT2D eigenvalue weighted by Gasteiger charge is -2.17. The first-order chi connectivity index (χ1) is 11.1. The Balaban J connectivity index is 1.63. The number of halogens is 1. The summed E-state index contributed by atoms with van der Waals surface area (Å²) < 4.78 is 0. The highest BCUT2D eigenvalue weighted by Gasteiger charge is 2.17. The number of nitrogens with one attached hydrogen (secondary N) is 1. The van der Waals surface area contributed by atoms with Crippen LogP contribution in [-0.2, 0) is 19.4 Å². The van der Waals surface area contributed by atoms with E-state index in [1.165, 1.54) is 24.1 Å². The number of benzene rings is 1. The Bertz CT molecular complexity index is 677. The van der Waals surface area contributed by atoms with Gasteiger partial charge in [0.05, 0.1) is 5.69 Å². The first-order valence-electron chi connectivity index (χ1n) is 7.87. The smallest absolute Gasteiger partial charge is 0.323 e. The van der Waals surface area contributed by atoms with E-state index in [0.717, 1.165) is 24.1 Å². The molecular formula is C17H20ClN3OS. The van der Waals surface area contributed by atoms with Crippen LogP contribution in [0, 0.1) is 0 Å². The molecule has 4 nitrogen and oxygen atoms in total. The van der Waals surface area contributed by atoms with E-state index < -0.39 is 0 Å². The summed E-state index contributed by atoms with van der Waals surface area (Å²) in [6, 6.07) is 7.41. The lowest BCUT2D eigenvalue weighted by molar-refractivity contribution is 0.220. The van der Waals surface area contributed by atoms with Crippen LogP contribution in [0.3, 0.4) is 0 Å². The van der Waals surface area contributed by atoms with Crippen LogP contribution in [0.2, 0.25) is 5.02 Å². The van der Waals surface area contributed by atoms with Gasteiger partial charge < -0.3 is 4.90 Å². The SMILES string of the molecule is CN(Cc1ccccc1Cl)C(=O)Nc1nc2c(s1)CCCCC2. The molecular weight excluding hydrogens is 330 g/mol. The maximum atomic E-state index is 12.3. The summed E-state index contributed by atoms with van der Waals surface area (Å²) in [5, 5.41) is 4.29. The average Bonchev–Trinajstić information content (AvgIpc) is 2.78. The number of aromatic nitrogens is 1. The molecule has 0 saturated heterocycles. The van der Waals surface area contributed by atoms with Crippen molar-refractivity contribution >= 4 is 34.1 Å². The third-order valence-electron chi connectivity index (χ3n) is 4.02. The van der Waals surface area contributed by atoms with Crippen molar-refractivity contribution in [3.63, 3.8) is 0 Å². The summed E-state index contributed by atoms with van der Waals surface area (Å²) in [7, 11) is 1.76. The number of thiazole rings is 1. The molecule has 1 aliphatic rings. The van der Waals surface area contributed by atoms with Gasteiger partial charge in [0, 0.05) is 23.5 Å². The minimum Gasteiger partial charge on any atom is -0.323 e. The molecule has 0 aliphatic heterocycles. The van der Waals surface area contributed by atoms with E-state index in [0.29, 0.717) is 16.7 Å². The Morgan fingerprint density at radius 2 is 2.09 bits per heavy atom. The zero-order valence-corrected chi connectivity index (χ0v) is 14.7. The Hall–Kier alpha value is -1.59. The molecule has 3 rings (SSSR count). The molecule has 0 spiro atoms. The number of fused-ring (bicyclic) bond motifs is 1. The summed E-state index contributed by atoms with van der Waals surface area (Å²) in [4.78, 5) is 19.9. The van der Waals surface area contributed by atoms with Crippen LogP contribution in [0.5, 0.6) is 0 Å². The molecule has 0 fully saturated rings. The minimum atomic E-state index is -0.158. The van der Waals surface area contributed by atoms with Crippen molar-refractivity contribution in [1.29, 1.82) is 0 Å². The second kappa shape index (κ2) is 7.32. The molecule has 1 N–H and O–H groups in total. The van der Waals surface area contributed by atoms with Crippen molar-refractivity contribution in [2.75, 3.05) is 12.4 Å². The zero-order valence-electron chi connectivity index (χ0n) is 13.1. The molecule has 0 radical (unpaired) electrons. The van der Waals surface area contributed by atoms with Crippen LogP contribution in [-0.4, -0.2) is 23.0 Å². The van der Waals surface area contributed by atoms with Crippen LogP contribution in [0.25, 0.3) is 0 Å². The second-order valence-electron chi connectivity index (χ2n) is 5.83. The monoisotopic (exact) mass is 349 g/mol. The van der Waals surface area contributed by atoms with Gasteiger partial charge >= 0.3 is 6.03 Å². The van der Waals surface area contributed by atoms with Gasteiger partial charge in [0.15, 0.2) is 5.13 Å². The summed E-state index contributed by atoms with van der Waals surface area (Å²) in [6.45, 7) is 0.469. The summed E-state index contributed by atoms with van der Waals surface area (Å²) >= 11 is 7.76. The first kappa shape index (κ1) is 16.3. The van der Waals surface area contributed by atoms with Gasteiger partial charge in [-0.15, -0.1) is 11.3 Å². The number of nitrogens with zero attached hydrogens (tertiary/aromatic N) is 2. The molecule has 2 aromatic rings. The van der Waals surface area contributed by atoms with E-state index in [9.17, 15) is 4.79 Å². The van der Waals surface area contributed by atoms with Gasteiger partial charge in [-0.3, -0.25) is 5.32 Å². The van der Waals surface area contributed by atoms with E-state index in [4.69, 9.17) is 11.6 Å². The second-order valence-corrected chi connectivity index (χ2v) is 7.32. The molecule has 1 heterocycles. The zero-order chi connectivity index (χ0) is 16.2. The molecule has 0 atom stereocenters. The number of amides is 2.